The van der Waals surface area contributed by atoms with E-state index < -0.39 is 6.10 Å². The zero-order valence-electron chi connectivity index (χ0n) is 14.7. The van der Waals surface area contributed by atoms with Crippen molar-refractivity contribution >= 4 is 16.6 Å². The summed E-state index contributed by atoms with van der Waals surface area (Å²) in [5.74, 6) is 0.890. The third-order valence-corrected chi connectivity index (χ3v) is 5.29. The molecule has 0 amide bonds. The Morgan fingerprint density at radius 2 is 2.00 bits per heavy atom. The Morgan fingerprint density at radius 1 is 1.23 bits per heavy atom. The maximum atomic E-state index is 10.7. The molecule has 132 valence electrons. The van der Waals surface area contributed by atoms with Gasteiger partial charge in [-0.3, -0.25) is 4.98 Å². The number of benzene rings is 1. The van der Waals surface area contributed by atoms with Crippen LogP contribution in [0.2, 0.25) is 0 Å². The number of aromatic nitrogens is 3. The molecule has 1 aromatic carbocycles. The van der Waals surface area contributed by atoms with Crippen molar-refractivity contribution < 1.29 is 5.11 Å². The molecule has 0 bridgehead atoms. The number of nitriles is 1. The van der Waals surface area contributed by atoms with Crippen molar-refractivity contribution in [1.29, 1.82) is 5.26 Å². The molecular formula is C20H21N5O. The third kappa shape index (κ3) is 2.80. The average molecular weight is 347 g/mol. The maximum Gasteiger partial charge on any atom is 0.137 e. The zero-order valence-corrected chi connectivity index (χ0v) is 14.7. The molecule has 1 unspecified atom stereocenters. The fourth-order valence-electron chi connectivity index (χ4n) is 3.86. The van der Waals surface area contributed by atoms with Gasteiger partial charge in [0.2, 0.25) is 0 Å². The summed E-state index contributed by atoms with van der Waals surface area (Å²) in [4.78, 5) is 10.9. The Hall–Kier alpha value is -2.91. The monoisotopic (exact) mass is 347 g/mol. The highest BCUT2D eigenvalue weighted by Crippen LogP contribution is 2.35. The number of anilines is 1. The Bertz CT molecular complexity index is 966. The van der Waals surface area contributed by atoms with Crippen molar-refractivity contribution in [2.45, 2.75) is 18.9 Å². The van der Waals surface area contributed by atoms with Crippen molar-refractivity contribution in [3.63, 3.8) is 0 Å². The van der Waals surface area contributed by atoms with Gasteiger partial charge in [0, 0.05) is 44.1 Å². The van der Waals surface area contributed by atoms with E-state index in [9.17, 15) is 10.4 Å². The van der Waals surface area contributed by atoms with Crippen LogP contribution >= 0.6 is 0 Å². The van der Waals surface area contributed by atoms with Crippen LogP contribution in [0.4, 0.5) is 5.69 Å². The second kappa shape index (κ2) is 6.77. The summed E-state index contributed by atoms with van der Waals surface area (Å²) in [5, 5.41) is 21.2. The Morgan fingerprint density at radius 3 is 2.69 bits per heavy atom. The number of aryl methyl sites for hydroxylation is 1. The third-order valence-electron chi connectivity index (χ3n) is 5.29. The molecule has 26 heavy (non-hydrogen) atoms. The minimum Gasteiger partial charge on any atom is -0.385 e. The lowest BCUT2D eigenvalue weighted by Gasteiger charge is -2.36. The molecule has 0 spiro atoms. The molecule has 0 aliphatic carbocycles. The smallest absolute Gasteiger partial charge is 0.137 e. The molecule has 0 saturated carbocycles. The van der Waals surface area contributed by atoms with Gasteiger partial charge in [0.05, 0.1) is 16.8 Å². The SMILES string of the molecule is Cn1ccnc1C(O)C1CCN(c2c(C#N)cnc3ccccc23)CC1. The van der Waals surface area contributed by atoms with Gasteiger partial charge in [-0.05, 0) is 24.8 Å². The van der Waals surface area contributed by atoms with Gasteiger partial charge in [-0.2, -0.15) is 5.26 Å². The standard InChI is InChI=1S/C20H21N5O/c1-24-11-8-22-20(24)19(26)14-6-9-25(10-7-14)18-15(12-21)13-23-17-5-3-2-4-16(17)18/h2-5,8,11,13-14,19,26H,6-7,9-10H2,1H3. The van der Waals surface area contributed by atoms with Crippen LogP contribution in [0.5, 0.6) is 0 Å². The number of aliphatic hydroxyl groups excluding tert-OH is 1. The molecule has 1 atom stereocenters. The lowest BCUT2D eigenvalue weighted by Crippen LogP contribution is -2.36. The molecule has 3 aromatic rings. The molecule has 1 fully saturated rings. The molecule has 6 nitrogen and oxygen atoms in total. The summed E-state index contributed by atoms with van der Waals surface area (Å²) >= 11 is 0. The van der Waals surface area contributed by atoms with Crippen molar-refractivity contribution in [1.82, 2.24) is 14.5 Å². The van der Waals surface area contributed by atoms with Gasteiger partial charge in [-0.25, -0.2) is 4.98 Å². The molecule has 6 heteroatoms. The molecule has 0 radical (unpaired) electrons. The lowest BCUT2D eigenvalue weighted by atomic mass is 9.90. The number of aliphatic hydroxyl groups is 1. The van der Waals surface area contributed by atoms with Crippen molar-refractivity contribution in [2.75, 3.05) is 18.0 Å². The van der Waals surface area contributed by atoms with E-state index in [0.717, 1.165) is 48.3 Å². The van der Waals surface area contributed by atoms with E-state index in [-0.39, 0.29) is 5.92 Å². The van der Waals surface area contributed by atoms with E-state index in [2.05, 4.69) is 20.9 Å². The molecule has 1 aliphatic heterocycles. The topological polar surface area (TPSA) is 78.0 Å². The molecular weight excluding hydrogens is 326 g/mol. The van der Waals surface area contributed by atoms with Crippen molar-refractivity contribution in [3.8, 4) is 6.07 Å². The minimum absolute atomic E-state index is 0.172. The van der Waals surface area contributed by atoms with Crippen LogP contribution in [0, 0.1) is 17.2 Å². The van der Waals surface area contributed by atoms with Crippen molar-refractivity contribution in [2.24, 2.45) is 13.0 Å². The minimum atomic E-state index is -0.554. The first kappa shape index (κ1) is 16.6. The molecule has 1 saturated heterocycles. The van der Waals surface area contributed by atoms with Crippen LogP contribution in [-0.4, -0.2) is 32.7 Å². The average Bonchev–Trinajstić information content (AvgIpc) is 3.12. The van der Waals surface area contributed by atoms with E-state index in [1.165, 1.54) is 0 Å². The summed E-state index contributed by atoms with van der Waals surface area (Å²) in [5.41, 5.74) is 2.46. The summed E-state index contributed by atoms with van der Waals surface area (Å²) in [7, 11) is 1.91. The summed E-state index contributed by atoms with van der Waals surface area (Å²) in [6.07, 6.45) is 6.39. The van der Waals surface area contributed by atoms with Crippen LogP contribution in [0.1, 0.15) is 30.3 Å². The van der Waals surface area contributed by atoms with Crippen molar-refractivity contribution in [3.05, 3.63) is 54.2 Å². The van der Waals surface area contributed by atoms with Crippen LogP contribution in [0.25, 0.3) is 10.9 Å². The number of hydrogen-bond donors (Lipinski definition) is 1. The fraction of sp³-hybridized carbons (Fsp3) is 0.350. The molecule has 3 heterocycles. The number of rotatable bonds is 3. The van der Waals surface area contributed by atoms with E-state index in [1.54, 1.807) is 12.4 Å². The van der Waals surface area contributed by atoms with E-state index in [1.807, 2.05) is 42.1 Å². The fourth-order valence-corrected chi connectivity index (χ4v) is 3.86. The first-order chi connectivity index (χ1) is 12.7. The first-order valence-corrected chi connectivity index (χ1v) is 8.87. The van der Waals surface area contributed by atoms with Gasteiger partial charge in [0.25, 0.3) is 0 Å². The number of nitrogens with zero attached hydrogens (tertiary/aromatic N) is 5. The second-order valence-electron chi connectivity index (χ2n) is 6.82. The number of pyridine rings is 1. The normalized spacial score (nSPS) is 16.6. The van der Waals surface area contributed by atoms with Gasteiger partial charge >= 0.3 is 0 Å². The highest BCUT2D eigenvalue weighted by molar-refractivity contribution is 5.94. The Kier molecular flexibility index (Phi) is 4.31. The lowest BCUT2D eigenvalue weighted by molar-refractivity contribution is 0.0825. The summed E-state index contributed by atoms with van der Waals surface area (Å²) in [6.45, 7) is 1.60. The highest BCUT2D eigenvalue weighted by atomic mass is 16.3. The quantitative estimate of drug-likeness (QED) is 0.788. The van der Waals surface area contributed by atoms with Gasteiger partial charge < -0.3 is 14.6 Å². The maximum absolute atomic E-state index is 10.7. The zero-order chi connectivity index (χ0) is 18.1. The van der Waals surface area contributed by atoms with Crippen LogP contribution in [0.15, 0.2) is 42.9 Å². The number of para-hydroxylation sites is 1. The first-order valence-electron chi connectivity index (χ1n) is 8.87. The number of imidazole rings is 1. The predicted molar refractivity (Wildman–Crippen MR) is 99.6 cm³/mol. The molecule has 1 aliphatic rings. The van der Waals surface area contributed by atoms with E-state index >= 15 is 0 Å². The molecule has 2 aromatic heterocycles. The number of hydrogen-bond acceptors (Lipinski definition) is 5. The number of piperidine rings is 1. The van der Waals surface area contributed by atoms with E-state index in [0.29, 0.717) is 5.56 Å². The van der Waals surface area contributed by atoms with Gasteiger partial charge in [0.1, 0.15) is 18.0 Å². The predicted octanol–water partition coefficient (Wildman–Crippen LogP) is 2.79. The van der Waals surface area contributed by atoms with Crippen LogP contribution in [0.3, 0.4) is 0 Å². The summed E-state index contributed by atoms with van der Waals surface area (Å²) in [6, 6.07) is 10.2. The van der Waals surface area contributed by atoms with Crippen LogP contribution < -0.4 is 4.90 Å². The molecule has 1 N–H and O–H groups in total. The Balaban J connectivity index is 1.58. The highest BCUT2D eigenvalue weighted by Gasteiger charge is 2.29. The van der Waals surface area contributed by atoms with Crippen LogP contribution in [-0.2, 0) is 7.05 Å². The largest absolute Gasteiger partial charge is 0.385 e. The van der Waals surface area contributed by atoms with Gasteiger partial charge in [-0.15, -0.1) is 0 Å². The van der Waals surface area contributed by atoms with E-state index in [4.69, 9.17) is 0 Å². The second-order valence-corrected chi connectivity index (χ2v) is 6.82. The molecule has 4 rings (SSSR count). The van der Waals surface area contributed by atoms with Gasteiger partial charge in [-0.1, -0.05) is 18.2 Å². The summed E-state index contributed by atoms with van der Waals surface area (Å²) < 4.78 is 1.88. The van der Waals surface area contributed by atoms with Gasteiger partial charge in [0.15, 0.2) is 0 Å². The number of fused-ring (bicyclic) bond motifs is 1. The Labute approximate surface area is 152 Å².